The van der Waals surface area contributed by atoms with Crippen molar-refractivity contribution in [2.24, 2.45) is 5.92 Å². The molecule has 13 heavy (non-hydrogen) atoms. The van der Waals surface area contributed by atoms with Gasteiger partial charge in [-0.2, -0.15) is 0 Å². The van der Waals surface area contributed by atoms with Crippen LogP contribution in [-0.4, -0.2) is 25.9 Å². The molecule has 1 atom stereocenters. The maximum absolute atomic E-state index is 5.60. The first kappa shape index (κ1) is 12.9. The van der Waals surface area contributed by atoms with Crippen molar-refractivity contribution in [1.82, 2.24) is 0 Å². The molecule has 0 aromatic heterocycles. The molecule has 0 saturated carbocycles. The number of hydrogen-bond acceptors (Lipinski definition) is 2. The molecule has 0 N–H and O–H groups in total. The van der Waals surface area contributed by atoms with E-state index in [2.05, 4.69) is 27.7 Å². The monoisotopic (exact) mass is 188 g/mol. The minimum Gasteiger partial charge on any atom is -0.381 e. The standard InChI is InChI=1S/C11H24O2/c1-5-7-12-8-6-11(4)13-9-10(2)3/h10-11H,5-9H2,1-4H3. The van der Waals surface area contributed by atoms with Crippen molar-refractivity contribution in [1.29, 1.82) is 0 Å². The van der Waals surface area contributed by atoms with E-state index >= 15 is 0 Å². The van der Waals surface area contributed by atoms with E-state index in [1.165, 1.54) is 0 Å². The summed E-state index contributed by atoms with van der Waals surface area (Å²) in [5.41, 5.74) is 0. The van der Waals surface area contributed by atoms with Crippen molar-refractivity contribution in [3.63, 3.8) is 0 Å². The molecule has 0 aromatic rings. The zero-order chi connectivity index (χ0) is 10.1. The fourth-order valence-electron chi connectivity index (χ4n) is 0.936. The van der Waals surface area contributed by atoms with Crippen LogP contribution in [0.25, 0.3) is 0 Å². The average molecular weight is 188 g/mol. The van der Waals surface area contributed by atoms with Gasteiger partial charge in [0.2, 0.25) is 0 Å². The van der Waals surface area contributed by atoms with Crippen molar-refractivity contribution in [2.75, 3.05) is 19.8 Å². The maximum Gasteiger partial charge on any atom is 0.0569 e. The van der Waals surface area contributed by atoms with E-state index in [4.69, 9.17) is 9.47 Å². The summed E-state index contributed by atoms with van der Waals surface area (Å²) in [6.07, 6.45) is 2.44. The molecule has 0 rings (SSSR count). The van der Waals surface area contributed by atoms with Gasteiger partial charge in [-0.3, -0.25) is 0 Å². The van der Waals surface area contributed by atoms with Gasteiger partial charge in [0.05, 0.1) is 6.10 Å². The second kappa shape index (κ2) is 8.52. The highest BCUT2D eigenvalue weighted by atomic mass is 16.5. The Morgan fingerprint density at radius 1 is 1.08 bits per heavy atom. The minimum atomic E-state index is 0.333. The first-order valence-electron chi connectivity index (χ1n) is 5.36. The summed E-state index contributed by atoms with van der Waals surface area (Å²) in [6, 6.07) is 0. The lowest BCUT2D eigenvalue weighted by Crippen LogP contribution is -2.15. The molecule has 0 fully saturated rings. The van der Waals surface area contributed by atoms with Crippen LogP contribution in [0.2, 0.25) is 0 Å². The predicted molar refractivity (Wildman–Crippen MR) is 56.0 cm³/mol. The number of rotatable bonds is 8. The van der Waals surface area contributed by atoms with Crippen LogP contribution in [-0.2, 0) is 9.47 Å². The molecule has 0 bridgehead atoms. The lowest BCUT2D eigenvalue weighted by atomic mass is 10.2. The Labute approximate surface area is 82.6 Å². The summed E-state index contributed by atoms with van der Waals surface area (Å²) in [6.45, 7) is 11.1. The van der Waals surface area contributed by atoms with Gasteiger partial charge in [-0.25, -0.2) is 0 Å². The Hall–Kier alpha value is -0.0800. The summed E-state index contributed by atoms with van der Waals surface area (Å²) in [5.74, 6) is 0.624. The third-order valence-electron chi connectivity index (χ3n) is 1.73. The third-order valence-corrected chi connectivity index (χ3v) is 1.73. The van der Waals surface area contributed by atoms with Gasteiger partial charge in [0.25, 0.3) is 0 Å². The average Bonchev–Trinajstić information content (AvgIpc) is 2.09. The Kier molecular flexibility index (Phi) is 8.46. The Balaban J connectivity index is 3.15. The first-order valence-corrected chi connectivity index (χ1v) is 5.36. The minimum absolute atomic E-state index is 0.333. The second-order valence-electron chi connectivity index (χ2n) is 3.94. The topological polar surface area (TPSA) is 18.5 Å². The van der Waals surface area contributed by atoms with Gasteiger partial charge in [0.15, 0.2) is 0 Å². The van der Waals surface area contributed by atoms with Gasteiger partial charge in [-0.05, 0) is 25.7 Å². The maximum atomic E-state index is 5.60. The molecule has 1 unspecified atom stereocenters. The lowest BCUT2D eigenvalue weighted by Gasteiger charge is -2.14. The van der Waals surface area contributed by atoms with Crippen molar-refractivity contribution in [3.05, 3.63) is 0 Å². The van der Waals surface area contributed by atoms with Gasteiger partial charge in [-0.15, -0.1) is 0 Å². The van der Waals surface area contributed by atoms with Crippen molar-refractivity contribution >= 4 is 0 Å². The largest absolute Gasteiger partial charge is 0.381 e. The molecule has 80 valence electrons. The van der Waals surface area contributed by atoms with E-state index in [-0.39, 0.29) is 0 Å². The Morgan fingerprint density at radius 2 is 1.77 bits per heavy atom. The molecule has 0 aliphatic carbocycles. The summed E-state index contributed by atoms with van der Waals surface area (Å²) in [7, 11) is 0. The van der Waals surface area contributed by atoms with Crippen LogP contribution < -0.4 is 0 Å². The number of hydrogen-bond donors (Lipinski definition) is 0. The molecule has 2 nitrogen and oxygen atoms in total. The molecule has 0 aliphatic heterocycles. The summed E-state index contributed by atoms with van der Waals surface area (Å²) in [4.78, 5) is 0. The quantitative estimate of drug-likeness (QED) is 0.545. The summed E-state index contributed by atoms with van der Waals surface area (Å²) >= 11 is 0. The lowest BCUT2D eigenvalue weighted by molar-refractivity contribution is 0.0193. The highest BCUT2D eigenvalue weighted by molar-refractivity contribution is 4.50. The molecule has 0 spiro atoms. The van der Waals surface area contributed by atoms with E-state index in [1.54, 1.807) is 0 Å². The van der Waals surface area contributed by atoms with Crippen LogP contribution in [0.1, 0.15) is 40.5 Å². The molecule has 0 aromatic carbocycles. The molecular weight excluding hydrogens is 164 g/mol. The van der Waals surface area contributed by atoms with E-state index in [0.717, 1.165) is 32.7 Å². The molecule has 0 amide bonds. The predicted octanol–water partition coefficient (Wildman–Crippen LogP) is 2.86. The molecular formula is C11H24O2. The fourth-order valence-corrected chi connectivity index (χ4v) is 0.936. The summed E-state index contributed by atoms with van der Waals surface area (Å²) < 4.78 is 11.0. The van der Waals surface area contributed by atoms with Gasteiger partial charge in [0, 0.05) is 19.8 Å². The van der Waals surface area contributed by atoms with Crippen LogP contribution >= 0.6 is 0 Å². The van der Waals surface area contributed by atoms with Crippen molar-refractivity contribution < 1.29 is 9.47 Å². The van der Waals surface area contributed by atoms with Crippen molar-refractivity contribution in [2.45, 2.75) is 46.6 Å². The normalized spacial score (nSPS) is 13.6. The zero-order valence-corrected chi connectivity index (χ0v) is 9.51. The second-order valence-corrected chi connectivity index (χ2v) is 3.94. The van der Waals surface area contributed by atoms with Gasteiger partial charge in [0.1, 0.15) is 0 Å². The van der Waals surface area contributed by atoms with Crippen LogP contribution in [0, 0.1) is 5.92 Å². The van der Waals surface area contributed by atoms with Crippen LogP contribution in [0.3, 0.4) is 0 Å². The highest BCUT2D eigenvalue weighted by Crippen LogP contribution is 2.01. The van der Waals surface area contributed by atoms with E-state index in [1.807, 2.05) is 0 Å². The third kappa shape index (κ3) is 9.84. The Bertz CT molecular complexity index is 102. The molecule has 0 radical (unpaired) electrons. The first-order chi connectivity index (χ1) is 6.16. The SMILES string of the molecule is CCCOCCC(C)OCC(C)C. The summed E-state index contributed by atoms with van der Waals surface area (Å²) in [5, 5.41) is 0. The van der Waals surface area contributed by atoms with Gasteiger partial charge < -0.3 is 9.47 Å². The van der Waals surface area contributed by atoms with E-state index < -0.39 is 0 Å². The zero-order valence-electron chi connectivity index (χ0n) is 9.51. The molecule has 0 heterocycles. The van der Waals surface area contributed by atoms with Crippen LogP contribution in [0.5, 0.6) is 0 Å². The van der Waals surface area contributed by atoms with Gasteiger partial charge >= 0.3 is 0 Å². The molecule has 0 saturated heterocycles. The van der Waals surface area contributed by atoms with Crippen molar-refractivity contribution in [3.8, 4) is 0 Å². The Morgan fingerprint density at radius 3 is 2.31 bits per heavy atom. The highest BCUT2D eigenvalue weighted by Gasteiger charge is 2.02. The van der Waals surface area contributed by atoms with Crippen LogP contribution in [0.4, 0.5) is 0 Å². The number of ether oxygens (including phenoxy) is 2. The molecule has 2 heteroatoms. The van der Waals surface area contributed by atoms with E-state index in [9.17, 15) is 0 Å². The van der Waals surface area contributed by atoms with E-state index in [0.29, 0.717) is 12.0 Å². The fraction of sp³-hybridized carbons (Fsp3) is 1.00. The van der Waals surface area contributed by atoms with Crippen LogP contribution in [0.15, 0.2) is 0 Å². The van der Waals surface area contributed by atoms with Gasteiger partial charge in [-0.1, -0.05) is 20.8 Å². The smallest absolute Gasteiger partial charge is 0.0569 e. The molecule has 0 aliphatic rings.